The minimum atomic E-state index is -0.147. The van der Waals surface area contributed by atoms with Crippen LogP contribution in [-0.4, -0.2) is 18.4 Å². The molecule has 1 saturated heterocycles. The SMILES string of the molecule is C[C@H](NC(=O)c1cccc(N2CCCC2=O)c1)c1ccccc1Br. The minimum absolute atomic E-state index is 0.120. The summed E-state index contributed by atoms with van der Waals surface area (Å²) in [6, 6.07) is 14.9. The molecule has 24 heavy (non-hydrogen) atoms. The fraction of sp³-hybridized carbons (Fsp3) is 0.263. The lowest BCUT2D eigenvalue weighted by Gasteiger charge is -2.18. The number of carbonyl (C=O) groups is 2. The van der Waals surface area contributed by atoms with Gasteiger partial charge in [0, 0.05) is 28.7 Å². The van der Waals surface area contributed by atoms with Gasteiger partial charge in [0.05, 0.1) is 6.04 Å². The highest BCUT2D eigenvalue weighted by Crippen LogP contribution is 2.25. The van der Waals surface area contributed by atoms with E-state index in [2.05, 4.69) is 21.2 Å². The summed E-state index contributed by atoms with van der Waals surface area (Å²) in [5.74, 6) is -0.0270. The normalized spacial score (nSPS) is 15.4. The third kappa shape index (κ3) is 3.51. The third-order valence-corrected chi connectivity index (χ3v) is 4.93. The third-order valence-electron chi connectivity index (χ3n) is 4.21. The lowest BCUT2D eigenvalue weighted by atomic mass is 10.1. The van der Waals surface area contributed by atoms with Gasteiger partial charge in [-0.25, -0.2) is 0 Å². The summed E-state index contributed by atoms with van der Waals surface area (Å²) >= 11 is 3.51. The monoisotopic (exact) mass is 386 g/mol. The van der Waals surface area contributed by atoms with Gasteiger partial charge in [-0.05, 0) is 43.2 Å². The Morgan fingerprint density at radius 1 is 1.21 bits per heavy atom. The van der Waals surface area contributed by atoms with Crippen LogP contribution in [0.25, 0.3) is 0 Å². The molecule has 2 aromatic carbocycles. The van der Waals surface area contributed by atoms with Crippen molar-refractivity contribution >= 4 is 33.4 Å². The van der Waals surface area contributed by atoms with Crippen molar-refractivity contribution in [2.75, 3.05) is 11.4 Å². The molecule has 1 aliphatic rings. The van der Waals surface area contributed by atoms with Crippen LogP contribution in [0, 0.1) is 0 Å². The summed E-state index contributed by atoms with van der Waals surface area (Å²) in [5, 5.41) is 3.01. The number of nitrogens with one attached hydrogen (secondary N) is 1. The van der Waals surface area contributed by atoms with Crippen LogP contribution in [0.2, 0.25) is 0 Å². The number of amides is 2. The minimum Gasteiger partial charge on any atom is -0.345 e. The lowest BCUT2D eigenvalue weighted by molar-refractivity contribution is -0.117. The van der Waals surface area contributed by atoms with Gasteiger partial charge in [0.1, 0.15) is 0 Å². The number of benzene rings is 2. The van der Waals surface area contributed by atoms with Crippen LogP contribution in [0.1, 0.15) is 41.7 Å². The summed E-state index contributed by atoms with van der Waals surface area (Å²) in [4.78, 5) is 26.2. The molecule has 4 nitrogen and oxygen atoms in total. The van der Waals surface area contributed by atoms with Crippen molar-refractivity contribution in [3.63, 3.8) is 0 Å². The Kier molecular flexibility index (Phi) is 5.00. The Hall–Kier alpha value is -2.14. The van der Waals surface area contributed by atoms with Gasteiger partial charge in [-0.2, -0.15) is 0 Å². The van der Waals surface area contributed by atoms with Gasteiger partial charge in [-0.1, -0.05) is 40.2 Å². The maximum absolute atomic E-state index is 12.6. The molecule has 3 rings (SSSR count). The van der Waals surface area contributed by atoms with Gasteiger partial charge >= 0.3 is 0 Å². The molecule has 2 aromatic rings. The van der Waals surface area contributed by atoms with Crippen LogP contribution in [0.15, 0.2) is 53.0 Å². The quantitative estimate of drug-likeness (QED) is 0.860. The van der Waals surface area contributed by atoms with E-state index in [1.165, 1.54) is 0 Å². The van der Waals surface area contributed by atoms with Crippen molar-refractivity contribution in [3.05, 3.63) is 64.1 Å². The van der Waals surface area contributed by atoms with E-state index in [4.69, 9.17) is 0 Å². The molecular formula is C19H19BrN2O2. The maximum atomic E-state index is 12.6. The zero-order valence-electron chi connectivity index (χ0n) is 13.5. The zero-order chi connectivity index (χ0) is 17.1. The Morgan fingerprint density at radius 3 is 2.71 bits per heavy atom. The number of hydrogen-bond donors (Lipinski definition) is 1. The van der Waals surface area contributed by atoms with Crippen LogP contribution in [0.4, 0.5) is 5.69 Å². The van der Waals surface area contributed by atoms with Crippen molar-refractivity contribution in [1.29, 1.82) is 0 Å². The Morgan fingerprint density at radius 2 is 2.00 bits per heavy atom. The molecule has 0 unspecified atom stereocenters. The van der Waals surface area contributed by atoms with E-state index < -0.39 is 0 Å². The van der Waals surface area contributed by atoms with E-state index in [1.54, 1.807) is 17.0 Å². The predicted molar refractivity (Wildman–Crippen MR) is 98.1 cm³/mol. The molecule has 0 radical (unpaired) electrons. The molecule has 1 aliphatic heterocycles. The second-order valence-corrected chi connectivity index (χ2v) is 6.77. The van der Waals surface area contributed by atoms with E-state index in [-0.39, 0.29) is 17.9 Å². The molecule has 1 atom stereocenters. The van der Waals surface area contributed by atoms with Crippen molar-refractivity contribution in [3.8, 4) is 0 Å². The molecule has 1 heterocycles. The van der Waals surface area contributed by atoms with Crippen LogP contribution in [-0.2, 0) is 4.79 Å². The summed E-state index contributed by atoms with van der Waals surface area (Å²) in [5.41, 5.74) is 2.38. The number of hydrogen-bond acceptors (Lipinski definition) is 2. The Labute approximate surface area is 150 Å². The molecule has 5 heteroatoms. The first kappa shape index (κ1) is 16.7. The second kappa shape index (κ2) is 7.18. The van der Waals surface area contributed by atoms with E-state index in [1.807, 2.05) is 43.3 Å². The van der Waals surface area contributed by atoms with Crippen molar-refractivity contribution in [2.45, 2.75) is 25.8 Å². The summed E-state index contributed by atoms with van der Waals surface area (Å²) in [7, 11) is 0. The molecule has 1 fully saturated rings. The molecule has 0 bridgehead atoms. The molecule has 0 saturated carbocycles. The average Bonchev–Trinajstić information content (AvgIpc) is 3.01. The first-order valence-corrected chi connectivity index (χ1v) is 8.81. The van der Waals surface area contributed by atoms with Crippen molar-refractivity contribution in [1.82, 2.24) is 5.32 Å². The van der Waals surface area contributed by atoms with Crippen LogP contribution in [0.5, 0.6) is 0 Å². The number of carbonyl (C=O) groups excluding carboxylic acids is 2. The van der Waals surface area contributed by atoms with E-state index in [0.717, 1.165) is 28.7 Å². The maximum Gasteiger partial charge on any atom is 0.251 e. The van der Waals surface area contributed by atoms with Crippen molar-refractivity contribution < 1.29 is 9.59 Å². The number of nitrogens with zero attached hydrogens (tertiary/aromatic N) is 1. The van der Waals surface area contributed by atoms with Gasteiger partial charge in [0.15, 0.2) is 0 Å². The molecule has 0 aromatic heterocycles. The van der Waals surface area contributed by atoms with Crippen molar-refractivity contribution in [2.24, 2.45) is 0 Å². The van der Waals surface area contributed by atoms with Gasteiger partial charge in [0.2, 0.25) is 5.91 Å². The molecule has 0 spiro atoms. The second-order valence-electron chi connectivity index (χ2n) is 5.92. The fourth-order valence-electron chi connectivity index (χ4n) is 2.92. The Bertz CT molecular complexity index is 775. The van der Waals surface area contributed by atoms with Gasteiger partial charge in [-0.15, -0.1) is 0 Å². The van der Waals surface area contributed by atoms with Crippen LogP contribution >= 0.6 is 15.9 Å². The standard InChI is InChI=1S/C19H19BrN2O2/c1-13(16-8-2-3-9-17(16)20)21-19(24)14-6-4-7-15(12-14)22-11-5-10-18(22)23/h2-4,6-9,12-13H,5,10-11H2,1H3,(H,21,24)/t13-/m0/s1. The summed E-state index contributed by atoms with van der Waals surface area (Å²) in [6.45, 7) is 2.67. The number of rotatable bonds is 4. The highest BCUT2D eigenvalue weighted by molar-refractivity contribution is 9.10. The predicted octanol–water partition coefficient (Wildman–Crippen LogP) is 4.07. The lowest BCUT2D eigenvalue weighted by Crippen LogP contribution is -2.28. The molecule has 124 valence electrons. The molecule has 1 N–H and O–H groups in total. The fourth-order valence-corrected chi connectivity index (χ4v) is 3.55. The van der Waals surface area contributed by atoms with E-state index in [9.17, 15) is 9.59 Å². The zero-order valence-corrected chi connectivity index (χ0v) is 15.0. The highest BCUT2D eigenvalue weighted by atomic mass is 79.9. The summed E-state index contributed by atoms with van der Waals surface area (Å²) in [6.07, 6.45) is 1.45. The average molecular weight is 387 g/mol. The molecule has 2 amide bonds. The number of anilines is 1. The van der Waals surface area contributed by atoms with Gasteiger partial charge in [0.25, 0.3) is 5.91 Å². The number of halogens is 1. The van der Waals surface area contributed by atoms with Gasteiger partial charge < -0.3 is 10.2 Å². The first-order valence-electron chi connectivity index (χ1n) is 8.02. The molecule has 0 aliphatic carbocycles. The van der Waals surface area contributed by atoms with E-state index in [0.29, 0.717) is 12.0 Å². The van der Waals surface area contributed by atoms with Crippen LogP contribution in [0.3, 0.4) is 0 Å². The van der Waals surface area contributed by atoms with Gasteiger partial charge in [-0.3, -0.25) is 9.59 Å². The Balaban J connectivity index is 1.76. The largest absolute Gasteiger partial charge is 0.345 e. The smallest absolute Gasteiger partial charge is 0.251 e. The molecular weight excluding hydrogens is 368 g/mol. The first-order chi connectivity index (χ1) is 11.6. The van der Waals surface area contributed by atoms with E-state index >= 15 is 0 Å². The summed E-state index contributed by atoms with van der Waals surface area (Å²) < 4.78 is 0.967. The topological polar surface area (TPSA) is 49.4 Å². The highest BCUT2D eigenvalue weighted by Gasteiger charge is 2.22. The van der Waals surface area contributed by atoms with Crippen LogP contribution < -0.4 is 10.2 Å².